The standard InChI is InChI=1S/C15H30N2O2/c1-3-6-17-7-4-5-14(11-17)13(2)16-10-15-12-18-8-9-19-15/h13-16H,3-12H2,1-2H3. The van der Waals surface area contributed by atoms with Crippen LogP contribution in [-0.2, 0) is 9.47 Å². The van der Waals surface area contributed by atoms with Gasteiger partial charge in [-0.25, -0.2) is 0 Å². The van der Waals surface area contributed by atoms with E-state index in [1.54, 1.807) is 0 Å². The molecule has 2 rings (SSSR count). The lowest BCUT2D eigenvalue weighted by molar-refractivity contribution is -0.0875. The van der Waals surface area contributed by atoms with Crippen molar-refractivity contribution < 1.29 is 9.47 Å². The van der Waals surface area contributed by atoms with Crippen molar-refractivity contribution in [3.05, 3.63) is 0 Å². The second-order valence-electron chi connectivity index (χ2n) is 5.97. The van der Waals surface area contributed by atoms with E-state index in [-0.39, 0.29) is 6.10 Å². The highest BCUT2D eigenvalue weighted by molar-refractivity contribution is 4.81. The van der Waals surface area contributed by atoms with Crippen LogP contribution < -0.4 is 5.32 Å². The zero-order valence-electron chi connectivity index (χ0n) is 12.6. The summed E-state index contributed by atoms with van der Waals surface area (Å²) in [4.78, 5) is 2.62. The smallest absolute Gasteiger partial charge is 0.0933 e. The number of nitrogens with one attached hydrogen (secondary N) is 1. The molecule has 1 N–H and O–H groups in total. The van der Waals surface area contributed by atoms with Crippen LogP contribution in [0.1, 0.15) is 33.1 Å². The highest BCUT2D eigenvalue weighted by atomic mass is 16.6. The second-order valence-corrected chi connectivity index (χ2v) is 5.97. The van der Waals surface area contributed by atoms with Crippen LogP contribution in [0, 0.1) is 5.92 Å². The Morgan fingerprint density at radius 1 is 1.37 bits per heavy atom. The maximum Gasteiger partial charge on any atom is 0.0933 e. The van der Waals surface area contributed by atoms with Gasteiger partial charge in [0.25, 0.3) is 0 Å². The van der Waals surface area contributed by atoms with Crippen LogP contribution in [0.25, 0.3) is 0 Å². The lowest BCUT2D eigenvalue weighted by Crippen LogP contribution is -2.47. The fourth-order valence-electron chi connectivity index (χ4n) is 3.16. The molecule has 4 heteroatoms. The molecule has 2 heterocycles. The summed E-state index contributed by atoms with van der Waals surface area (Å²) >= 11 is 0. The van der Waals surface area contributed by atoms with E-state index in [9.17, 15) is 0 Å². The highest BCUT2D eigenvalue weighted by Crippen LogP contribution is 2.20. The Morgan fingerprint density at radius 3 is 3.00 bits per heavy atom. The SMILES string of the molecule is CCCN1CCCC(C(C)NCC2COCCO2)C1. The average molecular weight is 270 g/mol. The monoisotopic (exact) mass is 270 g/mol. The molecule has 2 fully saturated rings. The molecular weight excluding hydrogens is 240 g/mol. The van der Waals surface area contributed by atoms with Crippen molar-refractivity contribution in [3.63, 3.8) is 0 Å². The first-order chi connectivity index (χ1) is 9.29. The minimum atomic E-state index is 0.242. The Hall–Kier alpha value is -0.160. The molecule has 0 saturated carbocycles. The third kappa shape index (κ3) is 5.03. The molecule has 2 aliphatic rings. The molecule has 0 spiro atoms. The Labute approximate surface area is 117 Å². The maximum atomic E-state index is 5.68. The molecule has 3 unspecified atom stereocenters. The van der Waals surface area contributed by atoms with Crippen LogP contribution in [0.4, 0.5) is 0 Å². The first kappa shape index (κ1) is 15.2. The fraction of sp³-hybridized carbons (Fsp3) is 1.00. The van der Waals surface area contributed by atoms with E-state index >= 15 is 0 Å². The van der Waals surface area contributed by atoms with Crippen molar-refractivity contribution >= 4 is 0 Å². The number of hydrogen-bond acceptors (Lipinski definition) is 4. The van der Waals surface area contributed by atoms with Crippen LogP contribution >= 0.6 is 0 Å². The van der Waals surface area contributed by atoms with Crippen LogP contribution in [0.2, 0.25) is 0 Å². The maximum absolute atomic E-state index is 5.68. The highest BCUT2D eigenvalue weighted by Gasteiger charge is 2.25. The Kier molecular flexibility index (Phi) is 6.57. The second kappa shape index (κ2) is 8.20. The molecule has 0 aliphatic carbocycles. The third-order valence-electron chi connectivity index (χ3n) is 4.34. The average Bonchev–Trinajstić information content (AvgIpc) is 2.46. The van der Waals surface area contributed by atoms with Crippen LogP contribution in [0.15, 0.2) is 0 Å². The van der Waals surface area contributed by atoms with Crippen molar-refractivity contribution in [2.24, 2.45) is 5.92 Å². The van der Waals surface area contributed by atoms with Gasteiger partial charge in [-0.05, 0) is 45.2 Å². The minimum Gasteiger partial charge on any atom is -0.376 e. The van der Waals surface area contributed by atoms with E-state index in [4.69, 9.17) is 9.47 Å². The van der Waals surface area contributed by atoms with Gasteiger partial charge in [0.15, 0.2) is 0 Å². The molecular formula is C15H30N2O2. The summed E-state index contributed by atoms with van der Waals surface area (Å²) in [5.41, 5.74) is 0. The number of piperidine rings is 1. The van der Waals surface area contributed by atoms with Gasteiger partial charge in [0, 0.05) is 19.1 Å². The fourth-order valence-corrected chi connectivity index (χ4v) is 3.16. The van der Waals surface area contributed by atoms with Gasteiger partial charge in [-0.1, -0.05) is 6.92 Å². The molecule has 0 aromatic carbocycles. The lowest BCUT2D eigenvalue weighted by Gasteiger charge is -2.36. The Bertz CT molecular complexity index is 242. The molecule has 0 aromatic heterocycles. The predicted octanol–water partition coefficient (Wildman–Crippen LogP) is 1.50. The first-order valence-corrected chi connectivity index (χ1v) is 7.94. The van der Waals surface area contributed by atoms with Gasteiger partial charge in [0.1, 0.15) is 0 Å². The summed E-state index contributed by atoms with van der Waals surface area (Å²) < 4.78 is 11.1. The normalized spacial score (nSPS) is 31.3. The largest absolute Gasteiger partial charge is 0.376 e. The number of rotatable bonds is 6. The summed E-state index contributed by atoms with van der Waals surface area (Å²) in [5.74, 6) is 0.782. The number of likely N-dealkylation sites (tertiary alicyclic amines) is 1. The van der Waals surface area contributed by atoms with Crippen LogP contribution in [0.5, 0.6) is 0 Å². The topological polar surface area (TPSA) is 33.7 Å². The molecule has 4 nitrogen and oxygen atoms in total. The van der Waals surface area contributed by atoms with Gasteiger partial charge in [-0.15, -0.1) is 0 Å². The lowest BCUT2D eigenvalue weighted by atomic mass is 9.91. The molecule has 3 atom stereocenters. The summed E-state index contributed by atoms with van der Waals surface area (Å²) in [7, 11) is 0. The molecule has 2 aliphatic heterocycles. The van der Waals surface area contributed by atoms with E-state index < -0.39 is 0 Å². The summed E-state index contributed by atoms with van der Waals surface area (Å²) in [5, 5.41) is 3.65. The Morgan fingerprint density at radius 2 is 2.26 bits per heavy atom. The van der Waals surface area contributed by atoms with Gasteiger partial charge in [-0.3, -0.25) is 0 Å². The molecule has 0 bridgehead atoms. The van der Waals surface area contributed by atoms with E-state index in [0.717, 1.165) is 32.3 Å². The number of hydrogen-bond donors (Lipinski definition) is 1. The quantitative estimate of drug-likeness (QED) is 0.793. The van der Waals surface area contributed by atoms with Crippen molar-refractivity contribution in [2.75, 3.05) is 46.0 Å². The van der Waals surface area contributed by atoms with E-state index in [0.29, 0.717) is 6.04 Å². The first-order valence-electron chi connectivity index (χ1n) is 7.94. The predicted molar refractivity (Wildman–Crippen MR) is 77.5 cm³/mol. The summed E-state index contributed by atoms with van der Waals surface area (Å²) in [6, 6.07) is 0.574. The van der Waals surface area contributed by atoms with Gasteiger partial charge < -0.3 is 19.7 Å². The molecule has 112 valence electrons. The molecule has 19 heavy (non-hydrogen) atoms. The Balaban J connectivity index is 1.67. The number of nitrogens with zero attached hydrogens (tertiary/aromatic N) is 1. The van der Waals surface area contributed by atoms with Gasteiger partial charge in [0.2, 0.25) is 0 Å². The minimum absolute atomic E-state index is 0.242. The van der Waals surface area contributed by atoms with Gasteiger partial charge in [-0.2, -0.15) is 0 Å². The molecule has 0 radical (unpaired) electrons. The summed E-state index contributed by atoms with van der Waals surface area (Å²) in [6.07, 6.45) is 4.21. The van der Waals surface area contributed by atoms with Crippen LogP contribution in [0.3, 0.4) is 0 Å². The van der Waals surface area contributed by atoms with Crippen molar-refractivity contribution in [3.8, 4) is 0 Å². The van der Waals surface area contributed by atoms with Crippen molar-refractivity contribution in [1.29, 1.82) is 0 Å². The zero-order chi connectivity index (χ0) is 13.5. The van der Waals surface area contributed by atoms with E-state index in [1.807, 2.05) is 0 Å². The van der Waals surface area contributed by atoms with Crippen molar-refractivity contribution in [2.45, 2.75) is 45.3 Å². The van der Waals surface area contributed by atoms with Crippen molar-refractivity contribution in [1.82, 2.24) is 10.2 Å². The van der Waals surface area contributed by atoms with Gasteiger partial charge >= 0.3 is 0 Å². The van der Waals surface area contributed by atoms with E-state index in [2.05, 4.69) is 24.1 Å². The molecule has 0 amide bonds. The van der Waals surface area contributed by atoms with Crippen LogP contribution in [-0.4, -0.2) is 63.0 Å². The van der Waals surface area contributed by atoms with Gasteiger partial charge in [0.05, 0.1) is 25.9 Å². The number of ether oxygens (including phenoxy) is 2. The molecule has 0 aromatic rings. The summed E-state index contributed by atoms with van der Waals surface area (Å²) in [6.45, 7) is 11.5. The van der Waals surface area contributed by atoms with E-state index in [1.165, 1.54) is 38.9 Å². The zero-order valence-corrected chi connectivity index (χ0v) is 12.6. The molecule has 2 saturated heterocycles. The third-order valence-corrected chi connectivity index (χ3v) is 4.34.